The lowest BCUT2D eigenvalue weighted by Gasteiger charge is -2.20. The summed E-state index contributed by atoms with van der Waals surface area (Å²) < 4.78 is -0.909. The van der Waals surface area contributed by atoms with Gasteiger partial charge in [-0.2, -0.15) is 0 Å². The van der Waals surface area contributed by atoms with Gasteiger partial charge in [-0.3, -0.25) is 4.79 Å². The largest absolute Gasteiger partial charge is 0.480 e. The van der Waals surface area contributed by atoms with Crippen molar-refractivity contribution in [3.63, 3.8) is 0 Å². The van der Waals surface area contributed by atoms with E-state index < -0.39 is 10.7 Å². The first kappa shape index (κ1) is 10.4. The number of hydrogen-bond donors (Lipinski definition) is 1. The molecule has 1 unspecified atom stereocenters. The van der Waals surface area contributed by atoms with Gasteiger partial charge in [0.1, 0.15) is 0 Å². The summed E-state index contributed by atoms with van der Waals surface area (Å²) in [4.78, 5) is 19.6. The van der Waals surface area contributed by atoms with Crippen molar-refractivity contribution < 1.29 is 9.90 Å². The monoisotopic (exact) mass is 224 g/mol. The molecule has 5 heteroatoms. The van der Waals surface area contributed by atoms with E-state index in [0.29, 0.717) is 12.2 Å². The quantitative estimate of drug-likeness (QED) is 0.826. The maximum absolute atomic E-state index is 11.3. The predicted octanol–water partition coefficient (Wildman–Crippen LogP) is 1.59. The van der Waals surface area contributed by atoms with E-state index in [0.717, 1.165) is 17.7 Å². The smallest absolute Gasteiger partial charge is 0.327 e. The van der Waals surface area contributed by atoms with E-state index >= 15 is 0 Å². The number of carboxylic acids is 1. The van der Waals surface area contributed by atoms with Gasteiger partial charge in [0.25, 0.3) is 0 Å². The summed E-state index contributed by atoms with van der Waals surface area (Å²) in [6.45, 7) is 1.89. The lowest BCUT2D eigenvalue weighted by Crippen LogP contribution is -2.31. The fourth-order valence-corrected chi connectivity index (χ4v) is 2.97. The fraction of sp³-hybridized carbons (Fsp3) is 0.500. The highest BCUT2D eigenvalue weighted by atomic mass is 32.2. The number of rotatable bonds is 2. The SMILES string of the molecule is Cc1cnc(C2(C(=O)O)CCCS2)nc1. The molecule has 2 rings (SSSR count). The Balaban J connectivity index is 2.41. The topological polar surface area (TPSA) is 63.1 Å². The van der Waals surface area contributed by atoms with Gasteiger partial charge < -0.3 is 5.11 Å². The molecule has 1 aromatic heterocycles. The zero-order chi connectivity index (χ0) is 10.9. The first-order valence-corrected chi connectivity index (χ1v) is 5.80. The van der Waals surface area contributed by atoms with Crippen LogP contribution in [-0.2, 0) is 9.54 Å². The van der Waals surface area contributed by atoms with Crippen LogP contribution in [0.15, 0.2) is 12.4 Å². The van der Waals surface area contributed by atoms with Crippen molar-refractivity contribution in [3.8, 4) is 0 Å². The predicted molar refractivity (Wildman–Crippen MR) is 57.8 cm³/mol. The zero-order valence-corrected chi connectivity index (χ0v) is 9.25. The number of carbonyl (C=O) groups is 1. The van der Waals surface area contributed by atoms with Crippen LogP contribution in [0.2, 0.25) is 0 Å². The number of carboxylic acid groups (broad SMARTS) is 1. The van der Waals surface area contributed by atoms with E-state index in [1.54, 1.807) is 12.4 Å². The summed E-state index contributed by atoms with van der Waals surface area (Å²) in [6, 6.07) is 0. The zero-order valence-electron chi connectivity index (χ0n) is 8.43. The summed E-state index contributed by atoms with van der Waals surface area (Å²) in [7, 11) is 0. The standard InChI is InChI=1S/C10H12N2O2S/c1-7-5-11-8(12-6-7)10(9(13)14)3-2-4-15-10/h5-6H,2-4H2,1H3,(H,13,14). The molecule has 0 saturated carbocycles. The van der Waals surface area contributed by atoms with Crippen molar-refractivity contribution in [2.24, 2.45) is 0 Å². The Hall–Kier alpha value is -1.10. The van der Waals surface area contributed by atoms with E-state index in [4.69, 9.17) is 0 Å². The van der Waals surface area contributed by atoms with E-state index in [1.165, 1.54) is 11.8 Å². The molecule has 1 saturated heterocycles. The summed E-state index contributed by atoms with van der Waals surface area (Å²) in [5.74, 6) is 0.473. The molecule has 0 aliphatic carbocycles. The van der Waals surface area contributed by atoms with Crippen LogP contribution in [0.25, 0.3) is 0 Å². The van der Waals surface area contributed by atoms with Gasteiger partial charge >= 0.3 is 5.97 Å². The van der Waals surface area contributed by atoms with E-state index in [-0.39, 0.29) is 0 Å². The van der Waals surface area contributed by atoms with Gasteiger partial charge in [0.05, 0.1) is 0 Å². The molecule has 15 heavy (non-hydrogen) atoms. The van der Waals surface area contributed by atoms with Crippen LogP contribution >= 0.6 is 11.8 Å². The Kier molecular flexibility index (Phi) is 2.65. The molecular formula is C10H12N2O2S. The first-order chi connectivity index (χ1) is 7.15. The second-order valence-electron chi connectivity index (χ2n) is 3.67. The lowest BCUT2D eigenvalue weighted by molar-refractivity contribution is -0.140. The summed E-state index contributed by atoms with van der Waals surface area (Å²) >= 11 is 1.43. The van der Waals surface area contributed by atoms with Crippen LogP contribution in [0.4, 0.5) is 0 Å². The molecule has 1 fully saturated rings. The average Bonchev–Trinajstić information content (AvgIpc) is 2.69. The first-order valence-electron chi connectivity index (χ1n) is 4.82. The van der Waals surface area contributed by atoms with E-state index in [9.17, 15) is 9.90 Å². The molecule has 0 amide bonds. The molecule has 1 aromatic rings. The molecule has 0 spiro atoms. The summed E-state index contributed by atoms with van der Waals surface area (Å²) in [5, 5.41) is 9.29. The molecular weight excluding hydrogens is 212 g/mol. The van der Waals surface area contributed by atoms with Gasteiger partial charge in [0, 0.05) is 12.4 Å². The third-order valence-corrected chi connectivity index (χ3v) is 4.06. The number of aromatic nitrogens is 2. The van der Waals surface area contributed by atoms with Crippen molar-refractivity contribution in [2.45, 2.75) is 24.5 Å². The van der Waals surface area contributed by atoms with Crippen LogP contribution in [0, 0.1) is 6.92 Å². The highest BCUT2D eigenvalue weighted by Crippen LogP contribution is 2.45. The minimum Gasteiger partial charge on any atom is -0.480 e. The fourth-order valence-electron chi connectivity index (χ4n) is 1.68. The maximum atomic E-state index is 11.3. The molecule has 1 atom stereocenters. The molecule has 0 bridgehead atoms. The number of aryl methyl sites for hydroxylation is 1. The highest BCUT2D eigenvalue weighted by Gasteiger charge is 2.46. The molecule has 1 aliphatic heterocycles. The molecule has 2 heterocycles. The van der Waals surface area contributed by atoms with Crippen LogP contribution < -0.4 is 0 Å². The molecule has 1 N–H and O–H groups in total. The average molecular weight is 224 g/mol. The minimum absolute atomic E-state index is 0.433. The number of thioether (sulfide) groups is 1. The second kappa shape index (κ2) is 3.81. The molecule has 1 aliphatic rings. The van der Waals surface area contributed by atoms with Crippen molar-refractivity contribution >= 4 is 17.7 Å². The minimum atomic E-state index is -0.909. The molecule has 0 radical (unpaired) electrons. The lowest BCUT2D eigenvalue weighted by atomic mass is 10.0. The van der Waals surface area contributed by atoms with Gasteiger partial charge in [-0.25, -0.2) is 9.97 Å². The Morgan fingerprint density at radius 2 is 2.20 bits per heavy atom. The molecule has 0 aromatic carbocycles. The van der Waals surface area contributed by atoms with Gasteiger partial charge in [0.2, 0.25) is 0 Å². The van der Waals surface area contributed by atoms with Crippen molar-refractivity contribution in [2.75, 3.05) is 5.75 Å². The van der Waals surface area contributed by atoms with Crippen molar-refractivity contribution in [1.29, 1.82) is 0 Å². The third kappa shape index (κ3) is 1.71. The summed E-state index contributed by atoms with van der Waals surface area (Å²) in [5.41, 5.74) is 0.947. The highest BCUT2D eigenvalue weighted by molar-refractivity contribution is 8.01. The van der Waals surface area contributed by atoms with Crippen LogP contribution in [0.3, 0.4) is 0 Å². The van der Waals surface area contributed by atoms with Crippen LogP contribution in [0.1, 0.15) is 24.2 Å². The van der Waals surface area contributed by atoms with Gasteiger partial charge in [-0.15, -0.1) is 11.8 Å². The van der Waals surface area contributed by atoms with Crippen molar-refractivity contribution in [3.05, 3.63) is 23.8 Å². The summed E-state index contributed by atoms with van der Waals surface area (Å²) in [6.07, 6.45) is 4.88. The Morgan fingerprint density at radius 3 is 2.67 bits per heavy atom. The van der Waals surface area contributed by atoms with Crippen LogP contribution in [-0.4, -0.2) is 26.8 Å². The van der Waals surface area contributed by atoms with Gasteiger partial charge in [-0.05, 0) is 31.1 Å². The van der Waals surface area contributed by atoms with Crippen molar-refractivity contribution in [1.82, 2.24) is 9.97 Å². The van der Waals surface area contributed by atoms with E-state index in [1.807, 2.05) is 6.92 Å². The number of hydrogen-bond acceptors (Lipinski definition) is 4. The maximum Gasteiger partial charge on any atom is 0.327 e. The van der Waals surface area contributed by atoms with E-state index in [2.05, 4.69) is 9.97 Å². The second-order valence-corrected chi connectivity index (χ2v) is 5.06. The Morgan fingerprint density at radius 1 is 1.53 bits per heavy atom. The third-order valence-electron chi connectivity index (χ3n) is 2.51. The Labute approximate surface area is 92.1 Å². The normalized spacial score (nSPS) is 25.4. The Bertz CT molecular complexity index is 372. The molecule has 80 valence electrons. The van der Waals surface area contributed by atoms with Gasteiger partial charge in [0.15, 0.2) is 10.6 Å². The number of nitrogens with zero attached hydrogens (tertiary/aromatic N) is 2. The molecule has 4 nitrogen and oxygen atoms in total. The number of aliphatic carboxylic acids is 1. The van der Waals surface area contributed by atoms with Crippen LogP contribution in [0.5, 0.6) is 0 Å². The van der Waals surface area contributed by atoms with Gasteiger partial charge in [-0.1, -0.05) is 0 Å².